The molecule has 3 atom stereocenters. The van der Waals surface area contributed by atoms with Gasteiger partial charge in [0.2, 0.25) is 0 Å². The van der Waals surface area contributed by atoms with E-state index in [0.717, 1.165) is 42.7 Å². The predicted octanol–water partition coefficient (Wildman–Crippen LogP) is 4.22. The highest BCUT2D eigenvalue weighted by Crippen LogP contribution is 2.40. The molecular formula is C18H26ClNO. The Morgan fingerprint density at radius 2 is 2.14 bits per heavy atom. The summed E-state index contributed by atoms with van der Waals surface area (Å²) in [7, 11) is 0. The van der Waals surface area contributed by atoms with Gasteiger partial charge in [0.05, 0.1) is 6.61 Å². The Balaban J connectivity index is 1.81. The summed E-state index contributed by atoms with van der Waals surface area (Å²) < 4.78 is 5.86. The SMILES string of the molecule is CCC1CCC(CN)C(Cc2cc(Cl)cc3c2OCC3)C1. The lowest BCUT2D eigenvalue weighted by Crippen LogP contribution is -2.31. The molecule has 1 aromatic carbocycles. The molecule has 0 saturated heterocycles. The van der Waals surface area contributed by atoms with E-state index in [-0.39, 0.29) is 0 Å². The number of halogens is 1. The number of rotatable bonds is 4. The number of hydrogen-bond acceptors (Lipinski definition) is 2. The van der Waals surface area contributed by atoms with Gasteiger partial charge in [-0.1, -0.05) is 31.4 Å². The van der Waals surface area contributed by atoms with Crippen LogP contribution in [-0.4, -0.2) is 13.2 Å². The molecule has 0 spiro atoms. The van der Waals surface area contributed by atoms with Crippen molar-refractivity contribution in [2.45, 2.75) is 45.4 Å². The quantitative estimate of drug-likeness (QED) is 0.904. The Hall–Kier alpha value is -0.730. The van der Waals surface area contributed by atoms with Crippen molar-refractivity contribution in [3.05, 3.63) is 28.3 Å². The zero-order valence-electron chi connectivity index (χ0n) is 12.9. The zero-order valence-corrected chi connectivity index (χ0v) is 13.7. The van der Waals surface area contributed by atoms with Gasteiger partial charge in [-0.05, 0) is 66.8 Å². The minimum absolute atomic E-state index is 0.656. The molecule has 3 rings (SSSR count). The maximum Gasteiger partial charge on any atom is 0.125 e. The average molecular weight is 308 g/mol. The van der Waals surface area contributed by atoms with Crippen LogP contribution in [-0.2, 0) is 12.8 Å². The third-order valence-corrected chi connectivity index (χ3v) is 5.65. The van der Waals surface area contributed by atoms with Crippen LogP contribution in [0.15, 0.2) is 12.1 Å². The molecule has 116 valence electrons. The molecule has 1 aromatic rings. The number of ether oxygens (including phenoxy) is 1. The van der Waals surface area contributed by atoms with Crippen LogP contribution in [0.5, 0.6) is 5.75 Å². The van der Waals surface area contributed by atoms with Gasteiger partial charge in [0, 0.05) is 11.4 Å². The Kier molecular flexibility index (Phi) is 4.75. The van der Waals surface area contributed by atoms with E-state index in [0.29, 0.717) is 11.8 Å². The third-order valence-electron chi connectivity index (χ3n) is 5.44. The second-order valence-electron chi connectivity index (χ2n) is 6.70. The molecule has 2 N–H and O–H groups in total. The van der Waals surface area contributed by atoms with Crippen molar-refractivity contribution in [3.8, 4) is 5.75 Å². The van der Waals surface area contributed by atoms with E-state index in [1.165, 1.54) is 36.8 Å². The largest absolute Gasteiger partial charge is 0.493 e. The Morgan fingerprint density at radius 1 is 1.29 bits per heavy atom. The first kappa shape index (κ1) is 15.2. The highest BCUT2D eigenvalue weighted by molar-refractivity contribution is 6.30. The molecule has 0 amide bonds. The summed E-state index contributed by atoms with van der Waals surface area (Å²) in [6, 6.07) is 4.17. The number of benzene rings is 1. The molecule has 0 aromatic heterocycles. The molecule has 0 bridgehead atoms. The van der Waals surface area contributed by atoms with E-state index in [1.807, 2.05) is 0 Å². The van der Waals surface area contributed by atoms with Gasteiger partial charge in [-0.2, -0.15) is 0 Å². The van der Waals surface area contributed by atoms with Crippen LogP contribution in [0.2, 0.25) is 5.02 Å². The normalized spacial score (nSPS) is 28.2. The summed E-state index contributed by atoms with van der Waals surface area (Å²) >= 11 is 6.29. The summed E-state index contributed by atoms with van der Waals surface area (Å²) in [6.07, 6.45) is 7.28. The first-order chi connectivity index (χ1) is 10.2. The van der Waals surface area contributed by atoms with Crippen molar-refractivity contribution in [2.75, 3.05) is 13.2 Å². The molecular weight excluding hydrogens is 282 g/mol. The molecule has 3 heteroatoms. The lowest BCUT2D eigenvalue weighted by atomic mass is 9.71. The number of nitrogens with two attached hydrogens (primary N) is 1. The summed E-state index contributed by atoms with van der Waals surface area (Å²) in [5, 5.41) is 0.849. The maximum absolute atomic E-state index is 6.29. The lowest BCUT2D eigenvalue weighted by molar-refractivity contribution is 0.179. The molecule has 3 unspecified atom stereocenters. The molecule has 21 heavy (non-hydrogen) atoms. The van der Waals surface area contributed by atoms with Crippen molar-refractivity contribution in [2.24, 2.45) is 23.5 Å². The highest BCUT2D eigenvalue weighted by Gasteiger charge is 2.30. The van der Waals surface area contributed by atoms with E-state index in [9.17, 15) is 0 Å². The van der Waals surface area contributed by atoms with E-state index >= 15 is 0 Å². The van der Waals surface area contributed by atoms with Crippen LogP contribution in [0, 0.1) is 17.8 Å². The van der Waals surface area contributed by atoms with Gasteiger partial charge in [0.15, 0.2) is 0 Å². The van der Waals surface area contributed by atoms with Gasteiger partial charge < -0.3 is 10.5 Å². The van der Waals surface area contributed by atoms with Crippen LogP contribution < -0.4 is 10.5 Å². The van der Waals surface area contributed by atoms with Gasteiger partial charge in [0.25, 0.3) is 0 Å². The van der Waals surface area contributed by atoms with E-state index in [4.69, 9.17) is 22.1 Å². The Bertz CT molecular complexity index is 502. The zero-order chi connectivity index (χ0) is 14.8. The van der Waals surface area contributed by atoms with Crippen LogP contribution in [0.3, 0.4) is 0 Å². The van der Waals surface area contributed by atoms with E-state index in [2.05, 4.69) is 19.1 Å². The first-order valence-corrected chi connectivity index (χ1v) is 8.73. The smallest absolute Gasteiger partial charge is 0.125 e. The van der Waals surface area contributed by atoms with Crippen molar-refractivity contribution in [3.63, 3.8) is 0 Å². The van der Waals surface area contributed by atoms with Crippen molar-refractivity contribution < 1.29 is 4.74 Å². The van der Waals surface area contributed by atoms with Crippen molar-refractivity contribution >= 4 is 11.6 Å². The minimum atomic E-state index is 0.656. The number of hydrogen-bond donors (Lipinski definition) is 1. The topological polar surface area (TPSA) is 35.2 Å². The third kappa shape index (κ3) is 3.22. The second kappa shape index (κ2) is 6.58. The van der Waals surface area contributed by atoms with Gasteiger partial charge in [0.1, 0.15) is 5.75 Å². The molecule has 1 fully saturated rings. The van der Waals surface area contributed by atoms with Crippen LogP contribution in [0.4, 0.5) is 0 Å². The Labute approximate surface area is 133 Å². The monoisotopic (exact) mass is 307 g/mol. The summed E-state index contributed by atoms with van der Waals surface area (Å²) in [4.78, 5) is 0. The van der Waals surface area contributed by atoms with Crippen LogP contribution in [0.1, 0.15) is 43.7 Å². The first-order valence-electron chi connectivity index (χ1n) is 8.35. The van der Waals surface area contributed by atoms with E-state index in [1.54, 1.807) is 0 Å². The molecule has 1 aliphatic carbocycles. The fourth-order valence-corrected chi connectivity index (χ4v) is 4.40. The van der Waals surface area contributed by atoms with Crippen LogP contribution >= 0.6 is 11.6 Å². The average Bonchev–Trinajstić information content (AvgIpc) is 2.95. The molecule has 1 saturated carbocycles. The lowest BCUT2D eigenvalue weighted by Gasteiger charge is -2.35. The van der Waals surface area contributed by atoms with Crippen molar-refractivity contribution in [1.29, 1.82) is 0 Å². The molecule has 1 aliphatic heterocycles. The molecule has 1 heterocycles. The van der Waals surface area contributed by atoms with Gasteiger partial charge >= 0.3 is 0 Å². The molecule has 2 nitrogen and oxygen atoms in total. The summed E-state index contributed by atoms with van der Waals surface area (Å²) in [5.41, 5.74) is 8.60. The molecule has 0 radical (unpaired) electrons. The maximum atomic E-state index is 6.29. The van der Waals surface area contributed by atoms with Gasteiger partial charge in [-0.15, -0.1) is 0 Å². The number of fused-ring (bicyclic) bond motifs is 1. The van der Waals surface area contributed by atoms with E-state index < -0.39 is 0 Å². The summed E-state index contributed by atoms with van der Waals surface area (Å²) in [5.74, 6) is 3.31. The highest BCUT2D eigenvalue weighted by atomic mass is 35.5. The second-order valence-corrected chi connectivity index (χ2v) is 7.14. The summed E-state index contributed by atoms with van der Waals surface area (Å²) in [6.45, 7) is 3.92. The Morgan fingerprint density at radius 3 is 2.90 bits per heavy atom. The van der Waals surface area contributed by atoms with Gasteiger partial charge in [-0.25, -0.2) is 0 Å². The fraction of sp³-hybridized carbons (Fsp3) is 0.667. The van der Waals surface area contributed by atoms with Crippen molar-refractivity contribution in [1.82, 2.24) is 0 Å². The molecule has 2 aliphatic rings. The minimum Gasteiger partial charge on any atom is -0.493 e. The standard InChI is InChI=1S/C18H26ClNO/c1-2-12-3-4-14(11-20)15(7-12)8-16-10-17(19)9-13-5-6-21-18(13)16/h9-10,12,14-15H,2-8,11,20H2,1H3. The fourth-order valence-electron chi connectivity index (χ4n) is 4.14. The predicted molar refractivity (Wildman–Crippen MR) is 88.0 cm³/mol. The van der Waals surface area contributed by atoms with Crippen LogP contribution in [0.25, 0.3) is 0 Å². The van der Waals surface area contributed by atoms with Gasteiger partial charge in [-0.3, -0.25) is 0 Å².